The van der Waals surface area contributed by atoms with Gasteiger partial charge < -0.3 is 10.1 Å². The molecule has 2 N–H and O–H groups in total. The highest BCUT2D eigenvalue weighted by Crippen LogP contribution is 2.34. The first-order valence-corrected chi connectivity index (χ1v) is 11.8. The van der Waals surface area contributed by atoms with Crippen LogP contribution in [0.4, 0.5) is 18.9 Å². The summed E-state index contributed by atoms with van der Waals surface area (Å²) in [5, 5.41) is 2.23. The van der Waals surface area contributed by atoms with Crippen molar-refractivity contribution in [1.82, 2.24) is 4.72 Å². The summed E-state index contributed by atoms with van der Waals surface area (Å²) in [5.41, 5.74) is -0.865. The zero-order chi connectivity index (χ0) is 24.8. The minimum atomic E-state index is -4.69. The molecular formula is C24H23F3N2O4S. The van der Waals surface area contributed by atoms with Crippen LogP contribution in [0.5, 0.6) is 5.75 Å². The van der Waals surface area contributed by atoms with E-state index in [1.54, 1.807) is 37.3 Å². The maximum Gasteiger partial charge on any atom is 0.418 e. The molecule has 180 valence electrons. The molecule has 3 rings (SSSR count). The molecule has 0 aliphatic rings. The Morgan fingerprint density at radius 2 is 1.56 bits per heavy atom. The van der Waals surface area contributed by atoms with E-state index in [0.717, 1.165) is 12.1 Å². The molecule has 34 heavy (non-hydrogen) atoms. The first-order chi connectivity index (χ1) is 16.1. The van der Waals surface area contributed by atoms with Crippen molar-refractivity contribution in [2.45, 2.75) is 30.5 Å². The van der Waals surface area contributed by atoms with Gasteiger partial charge in [0.2, 0.25) is 15.9 Å². The molecule has 0 fully saturated rings. The Labute approximate surface area is 195 Å². The fraction of sp³-hybridized carbons (Fsp3) is 0.208. The third kappa shape index (κ3) is 6.58. The van der Waals surface area contributed by atoms with Crippen LogP contribution in [0.25, 0.3) is 0 Å². The van der Waals surface area contributed by atoms with Gasteiger partial charge in [-0.15, -0.1) is 0 Å². The van der Waals surface area contributed by atoms with E-state index in [0.29, 0.717) is 17.9 Å². The Bertz CT molecular complexity index is 1210. The van der Waals surface area contributed by atoms with Gasteiger partial charge >= 0.3 is 6.18 Å². The van der Waals surface area contributed by atoms with E-state index >= 15 is 0 Å². The summed E-state index contributed by atoms with van der Waals surface area (Å²) in [4.78, 5) is 12.9. The number of alkyl halides is 3. The van der Waals surface area contributed by atoms with Crippen molar-refractivity contribution in [3.8, 4) is 5.75 Å². The lowest BCUT2D eigenvalue weighted by Gasteiger charge is -2.20. The highest BCUT2D eigenvalue weighted by atomic mass is 32.2. The molecule has 1 amide bonds. The maximum absolute atomic E-state index is 13.4. The summed E-state index contributed by atoms with van der Waals surface area (Å²) >= 11 is 0. The highest BCUT2D eigenvalue weighted by molar-refractivity contribution is 7.89. The monoisotopic (exact) mass is 492 g/mol. The number of nitrogens with one attached hydrogen (secondary N) is 2. The van der Waals surface area contributed by atoms with E-state index in [4.69, 9.17) is 4.74 Å². The summed E-state index contributed by atoms with van der Waals surface area (Å²) in [7, 11) is -4.18. The Hall–Kier alpha value is -3.37. The van der Waals surface area contributed by atoms with Crippen LogP contribution >= 0.6 is 0 Å². The normalized spacial score (nSPS) is 12.7. The van der Waals surface area contributed by atoms with Gasteiger partial charge in [0.25, 0.3) is 0 Å². The Balaban J connectivity index is 1.89. The topological polar surface area (TPSA) is 84.5 Å². The van der Waals surface area contributed by atoms with Crippen molar-refractivity contribution in [1.29, 1.82) is 0 Å². The first-order valence-electron chi connectivity index (χ1n) is 10.4. The van der Waals surface area contributed by atoms with E-state index in [-0.39, 0.29) is 11.3 Å². The van der Waals surface area contributed by atoms with Crippen LogP contribution in [0.1, 0.15) is 18.1 Å². The van der Waals surface area contributed by atoms with Crippen molar-refractivity contribution in [3.05, 3.63) is 90.0 Å². The third-order valence-electron chi connectivity index (χ3n) is 4.83. The van der Waals surface area contributed by atoms with Crippen LogP contribution in [0.15, 0.2) is 83.8 Å². The molecule has 0 spiro atoms. The zero-order valence-corrected chi connectivity index (χ0v) is 19.0. The number of rotatable bonds is 9. The van der Waals surface area contributed by atoms with Gasteiger partial charge in [0, 0.05) is 0 Å². The molecule has 0 unspecified atom stereocenters. The number of carbonyl (C=O) groups excluding carboxylic acids is 1. The summed E-state index contributed by atoms with van der Waals surface area (Å²) in [6, 6.07) is 17.3. The second-order valence-corrected chi connectivity index (χ2v) is 9.01. The standard InChI is InChI=1S/C24H23F3N2O4S/c1-2-33-18-12-14-19(15-13-18)34(31,32)29-22(16-17-8-4-3-5-9-17)23(30)28-21-11-7-6-10-20(21)24(25,26)27/h3-15,22,29H,2,16H2,1H3,(H,28,30)/t22-/m0/s1. The average molecular weight is 493 g/mol. The molecule has 3 aromatic carbocycles. The molecule has 0 bridgehead atoms. The lowest BCUT2D eigenvalue weighted by atomic mass is 10.1. The van der Waals surface area contributed by atoms with E-state index in [1.807, 2.05) is 0 Å². The number of ether oxygens (including phenoxy) is 1. The summed E-state index contributed by atoms with van der Waals surface area (Å²) in [5.74, 6) is -0.446. The van der Waals surface area contributed by atoms with Gasteiger partial charge in [0.15, 0.2) is 0 Å². The number of para-hydroxylation sites is 1. The minimum absolute atomic E-state index is 0.0723. The van der Waals surface area contributed by atoms with Crippen LogP contribution in [-0.2, 0) is 27.4 Å². The van der Waals surface area contributed by atoms with Gasteiger partial charge in [-0.3, -0.25) is 4.79 Å². The fourth-order valence-electron chi connectivity index (χ4n) is 3.23. The average Bonchev–Trinajstić information content (AvgIpc) is 2.79. The molecule has 0 heterocycles. The summed E-state index contributed by atoms with van der Waals surface area (Å²) < 4.78 is 73.6. The molecule has 0 aromatic heterocycles. The molecular weight excluding hydrogens is 469 g/mol. The Morgan fingerprint density at radius 1 is 0.941 bits per heavy atom. The zero-order valence-electron chi connectivity index (χ0n) is 18.2. The van der Waals surface area contributed by atoms with Crippen LogP contribution in [0, 0.1) is 0 Å². The number of hydrogen-bond donors (Lipinski definition) is 2. The molecule has 0 saturated heterocycles. The fourth-order valence-corrected chi connectivity index (χ4v) is 4.43. The van der Waals surface area contributed by atoms with Gasteiger partial charge in [0.05, 0.1) is 22.8 Å². The predicted molar refractivity (Wildman–Crippen MR) is 122 cm³/mol. The third-order valence-corrected chi connectivity index (χ3v) is 6.32. The van der Waals surface area contributed by atoms with Crippen LogP contribution in [0.2, 0.25) is 0 Å². The Morgan fingerprint density at radius 3 is 2.18 bits per heavy atom. The first kappa shape index (κ1) is 25.3. The second-order valence-electron chi connectivity index (χ2n) is 7.30. The van der Waals surface area contributed by atoms with E-state index < -0.39 is 39.4 Å². The molecule has 0 saturated carbocycles. The molecule has 1 atom stereocenters. The molecule has 6 nitrogen and oxygen atoms in total. The summed E-state index contributed by atoms with van der Waals surface area (Å²) in [6.07, 6.45) is -4.77. The summed E-state index contributed by atoms with van der Waals surface area (Å²) in [6.45, 7) is 2.19. The molecule has 3 aromatic rings. The lowest BCUT2D eigenvalue weighted by Crippen LogP contribution is -2.45. The molecule has 0 aliphatic heterocycles. The van der Waals surface area contributed by atoms with Crippen molar-refractivity contribution < 1.29 is 31.1 Å². The van der Waals surface area contributed by atoms with Gasteiger partial charge in [-0.25, -0.2) is 8.42 Å². The molecule has 0 radical (unpaired) electrons. The molecule has 10 heteroatoms. The predicted octanol–water partition coefficient (Wildman–Crippen LogP) is 4.63. The van der Waals surface area contributed by atoms with E-state index in [1.165, 1.54) is 36.4 Å². The van der Waals surface area contributed by atoms with Crippen molar-refractivity contribution in [3.63, 3.8) is 0 Å². The van der Waals surface area contributed by atoms with Gasteiger partial charge in [-0.05, 0) is 55.3 Å². The van der Waals surface area contributed by atoms with Crippen LogP contribution in [-0.4, -0.2) is 27.0 Å². The van der Waals surface area contributed by atoms with Crippen molar-refractivity contribution in [2.24, 2.45) is 0 Å². The molecule has 0 aliphatic carbocycles. The second kappa shape index (κ2) is 10.7. The van der Waals surface area contributed by atoms with E-state index in [9.17, 15) is 26.4 Å². The largest absolute Gasteiger partial charge is 0.494 e. The number of anilines is 1. The minimum Gasteiger partial charge on any atom is -0.494 e. The quantitative estimate of drug-likeness (QED) is 0.456. The van der Waals surface area contributed by atoms with Gasteiger partial charge in [-0.1, -0.05) is 42.5 Å². The van der Waals surface area contributed by atoms with Crippen molar-refractivity contribution >= 4 is 21.6 Å². The van der Waals surface area contributed by atoms with Crippen LogP contribution < -0.4 is 14.8 Å². The smallest absolute Gasteiger partial charge is 0.418 e. The number of halogens is 3. The maximum atomic E-state index is 13.4. The number of sulfonamides is 1. The van der Waals surface area contributed by atoms with E-state index in [2.05, 4.69) is 10.0 Å². The number of amides is 1. The SMILES string of the molecule is CCOc1ccc(S(=O)(=O)N[C@@H](Cc2ccccc2)C(=O)Nc2ccccc2C(F)(F)F)cc1. The van der Waals surface area contributed by atoms with Crippen LogP contribution in [0.3, 0.4) is 0 Å². The van der Waals surface area contributed by atoms with Gasteiger partial charge in [-0.2, -0.15) is 17.9 Å². The highest BCUT2D eigenvalue weighted by Gasteiger charge is 2.34. The number of hydrogen-bond acceptors (Lipinski definition) is 4. The van der Waals surface area contributed by atoms with Gasteiger partial charge in [0.1, 0.15) is 11.8 Å². The Kier molecular flexibility index (Phi) is 7.95. The lowest BCUT2D eigenvalue weighted by molar-refractivity contribution is -0.137. The number of benzene rings is 3. The van der Waals surface area contributed by atoms with Crippen molar-refractivity contribution in [2.75, 3.05) is 11.9 Å². The number of carbonyl (C=O) groups is 1.